The number of imide groups is 2. The minimum Gasteiger partial charge on any atom is -0.357 e. The molecular formula is C26H21FN6O5. The number of carbonyl (C=O) groups excluding carboxylic acids is 4. The maximum Gasteiger partial charge on any atom is 0.278 e. The molecule has 1 atom stereocenters. The highest BCUT2D eigenvalue weighted by molar-refractivity contribution is 6.21. The molecule has 1 unspecified atom stereocenters. The number of halogens is 1. The van der Waals surface area contributed by atoms with E-state index in [-0.39, 0.29) is 42.4 Å². The van der Waals surface area contributed by atoms with E-state index in [0.717, 1.165) is 4.90 Å². The van der Waals surface area contributed by atoms with Gasteiger partial charge >= 0.3 is 0 Å². The van der Waals surface area contributed by atoms with Gasteiger partial charge in [-0.15, -0.1) is 0 Å². The molecule has 5 heterocycles. The van der Waals surface area contributed by atoms with Gasteiger partial charge in [-0.1, -0.05) is 23.4 Å². The van der Waals surface area contributed by atoms with Gasteiger partial charge in [0.05, 0.1) is 12.1 Å². The van der Waals surface area contributed by atoms with Crippen molar-refractivity contribution >= 4 is 23.6 Å². The number of benzene rings is 1. The van der Waals surface area contributed by atoms with E-state index >= 15 is 4.39 Å². The Bertz CT molecular complexity index is 1520. The molecule has 1 saturated heterocycles. The van der Waals surface area contributed by atoms with Crippen molar-refractivity contribution in [1.29, 1.82) is 0 Å². The van der Waals surface area contributed by atoms with Crippen LogP contribution < -0.4 is 5.32 Å². The fourth-order valence-corrected chi connectivity index (χ4v) is 5.10. The van der Waals surface area contributed by atoms with Crippen LogP contribution in [0.15, 0.2) is 58.5 Å². The molecule has 0 aliphatic carbocycles. The number of piperidine rings is 1. The monoisotopic (exact) mass is 516 g/mol. The summed E-state index contributed by atoms with van der Waals surface area (Å²) < 4.78 is 20.7. The number of hydrogen-bond donors (Lipinski definition) is 1. The predicted octanol–water partition coefficient (Wildman–Crippen LogP) is 1.96. The molecule has 1 N–H and O–H groups in total. The molecule has 38 heavy (non-hydrogen) atoms. The highest BCUT2D eigenvalue weighted by Gasteiger charge is 2.48. The Hall–Kier alpha value is -4.74. The molecule has 3 aliphatic heterocycles. The molecule has 3 aliphatic rings. The summed E-state index contributed by atoms with van der Waals surface area (Å²) in [6, 6.07) is 7.29. The maximum atomic E-state index is 15.3. The summed E-state index contributed by atoms with van der Waals surface area (Å²) in [5, 5.41) is 6.13. The Labute approximate surface area is 215 Å². The van der Waals surface area contributed by atoms with Crippen molar-refractivity contribution in [2.45, 2.75) is 38.3 Å². The molecule has 4 amide bonds. The molecule has 3 aromatic rings. The molecule has 6 rings (SSSR count). The number of hydrogen-bond acceptors (Lipinski definition) is 9. The first-order valence-electron chi connectivity index (χ1n) is 12.1. The molecule has 11 nitrogen and oxygen atoms in total. The molecule has 1 fully saturated rings. The number of pyridine rings is 1. The van der Waals surface area contributed by atoms with Crippen LogP contribution in [0, 0.1) is 5.82 Å². The van der Waals surface area contributed by atoms with Gasteiger partial charge in [0, 0.05) is 42.1 Å². The number of carbonyl (C=O) groups is 4. The molecule has 12 heteroatoms. The lowest BCUT2D eigenvalue weighted by Crippen LogP contribution is -2.55. The van der Waals surface area contributed by atoms with Gasteiger partial charge in [-0.3, -0.25) is 34.4 Å². The lowest BCUT2D eigenvalue weighted by atomic mass is 10.0. The smallest absolute Gasteiger partial charge is 0.278 e. The standard InChI is InChI=1S/C26H21FN6O5/c27-21-15(14-4-2-10-28-12-14)5-1-6-16(21)23-30-20(38-31-23)13-32-11-3-7-17-22(32)26(37)33(25(17)36)18-8-9-19(34)29-24(18)35/h1-2,4-6,10,12,18H,3,7-9,11,13H2,(H,29,34,35). The molecule has 1 aromatic carbocycles. The highest BCUT2D eigenvalue weighted by atomic mass is 19.1. The fourth-order valence-electron chi connectivity index (χ4n) is 5.10. The lowest BCUT2D eigenvalue weighted by Gasteiger charge is -2.29. The van der Waals surface area contributed by atoms with Gasteiger partial charge < -0.3 is 9.42 Å². The number of nitrogens with one attached hydrogen (secondary N) is 1. The molecule has 0 spiro atoms. The van der Waals surface area contributed by atoms with Crippen LogP contribution in [0.1, 0.15) is 31.6 Å². The summed E-state index contributed by atoms with van der Waals surface area (Å²) in [4.78, 5) is 61.3. The Morgan fingerprint density at radius 3 is 2.68 bits per heavy atom. The van der Waals surface area contributed by atoms with E-state index in [1.165, 1.54) is 0 Å². The summed E-state index contributed by atoms with van der Waals surface area (Å²) in [6.45, 7) is 0.474. The molecule has 2 aromatic heterocycles. The first kappa shape index (κ1) is 23.6. The van der Waals surface area contributed by atoms with Gasteiger partial charge in [0.25, 0.3) is 11.8 Å². The zero-order valence-electron chi connectivity index (χ0n) is 20.0. The van der Waals surface area contributed by atoms with Crippen molar-refractivity contribution in [3.05, 3.63) is 65.7 Å². The normalized spacial score (nSPS) is 19.8. The van der Waals surface area contributed by atoms with E-state index in [4.69, 9.17) is 4.52 Å². The average molecular weight is 516 g/mol. The minimum absolute atomic E-state index is 0.0258. The number of nitrogens with zero attached hydrogens (tertiary/aromatic N) is 5. The first-order valence-corrected chi connectivity index (χ1v) is 12.1. The third-order valence-corrected chi connectivity index (χ3v) is 6.88. The van der Waals surface area contributed by atoms with Crippen LogP contribution in [0.25, 0.3) is 22.5 Å². The van der Waals surface area contributed by atoms with E-state index in [9.17, 15) is 19.2 Å². The lowest BCUT2D eigenvalue weighted by molar-refractivity contribution is -0.150. The van der Waals surface area contributed by atoms with Crippen LogP contribution in [0.5, 0.6) is 0 Å². The topological polar surface area (TPSA) is 139 Å². The van der Waals surface area contributed by atoms with Gasteiger partial charge in [-0.25, -0.2) is 4.39 Å². The first-order chi connectivity index (χ1) is 18.4. The van der Waals surface area contributed by atoms with Crippen LogP contribution >= 0.6 is 0 Å². The third kappa shape index (κ3) is 3.94. The fraction of sp³-hybridized carbons (Fsp3) is 0.269. The Balaban J connectivity index is 1.24. The van der Waals surface area contributed by atoms with Crippen molar-refractivity contribution in [3.63, 3.8) is 0 Å². The Morgan fingerprint density at radius 1 is 1.05 bits per heavy atom. The van der Waals surface area contributed by atoms with E-state index in [2.05, 4.69) is 20.4 Å². The summed E-state index contributed by atoms with van der Waals surface area (Å²) in [5.74, 6) is -2.54. The van der Waals surface area contributed by atoms with Gasteiger partial charge in [0.2, 0.25) is 23.5 Å². The zero-order valence-corrected chi connectivity index (χ0v) is 20.0. The molecular weight excluding hydrogens is 495 g/mol. The maximum absolute atomic E-state index is 15.3. The second kappa shape index (κ2) is 9.29. The SMILES string of the molecule is O=C1CCC(N2C(=O)C3=C(C2=O)N(Cc2nc(-c4cccc(-c5cccnc5)c4F)no2)CCC3)C(=O)N1. The van der Waals surface area contributed by atoms with E-state index in [0.29, 0.717) is 36.1 Å². The van der Waals surface area contributed by atoms with Gasteiger partial charge in [-0.2, -0.15) is 4.98 Å². The summed E-state index contributed by atoms with van der Waals surface area (Å²) in [7, 11) is 0. The van der Waals surface area contributed by atoms with Gasteiger partial charge in [-0.05, 0) is 31.4 Å². The molecule has 0 radical (unpaired) electrons. The van der Waals surface area contributed by atoms with Crippen LogP contribution in [0.4, 0.5) is 4.39 Å². The van der Waals surface area contributed by atoms with Crippen molar-refractivity contribution in [3.8, 4) is 22.5 Å². The number of rotatable bonds is 5. The van der Waals surface area contributed by atoms with Crippen molar-refractivity contribution in [2.75, 3.05) is 6.54 Å². The van der Waals surface area contributed by atoms with Gasteiger partial charge in [0.1, 0.15) is 17.6 Å². The minimum atomic E-state index is -1.04. The molecule has 192 valence electrons. The number of amides is 4. The quantitative estimate of drug-likeness (QED) is 0.504. The Morgan fingerprint density at radius 2 is 1.89 bits per heavy atom. The van der Waals surface area contributed by atoms with Crippen LogP contribution in [0.3, 0.4) is 0 Å². The van der Waals surface area contributed by atoms with E-state index in [1.807, 2.05) is 0 Å². The van der Waals surface area contributed by atoms with Crippen LogP contribution in [-0.2, 0) is 25.7 Å². The second-order valence-electron chi connectivity index (χ2n) is 9.22. The zero-order chi connectivity index (χ0) is 26.4. The predicted molar refractivity (Wildman–Crippen MR) is 128 cm³/mol. The van der Waals surface area contributed by atoms with E-state index in [1.54, 1.807) is 47.6 Å². The summed E-state index contributed by atoms with van der Waals surface area (Å²) >= 11 is 0. The third-order valence-electron chi connectivity index (χ3n) is 6.88. The van der Waals surface area contributed by atoms with Crippen molar-refractivity contribution < 1.29 is 28.1 Å². The van der Waals surface area contributed by atoms with Crippen molar-refractivity contribution in [1.82, 2.24) is 30.2 Å². The largest absolute Gasteiger partial charge is 0.357 e. The van der Waals surface area contributed by atoms with Crippen LogP contribution in [0.2, 0.25) is 0 Å². The second-order valence-corrected chi connectivity index (χ2v) is 9.22. The van der Waals surface area contributed by atoms with Crippen molar-refractivity contribution in [2.24, 2.45) is 0 Å². The number of aromatic nitrogens is 3. The molecule has 0 saturated carbocycles. The Kier molecular flexibility index (Phi) is 5.78. The van der Waals surface area contributed by atoms with Crippen LogP contribution in [-0.4, -0.2) is 61.1 Å². The molecule has 0 bridgehead atoms. The van der Waals surface area contributed by atoms with E-state index < -0.39 is 35.5 Å². The highest BCUT2D eigenvalue weighted by Crippen LogP contribution is 2.35. The summed E-state index contributed by atoms with van der Waals surface area (Å²) in [6.07, 6.45) is 4.28. The van der Waals surface area contributed by atoms with Gasteiger partial charge in [0.15, 0.2) is 0 Å². The summed E-state index contributed by atoms with van der Waals surface area (Å²) in [5.41, 5.74) is 1.61. The average Bonchev–Trinajstić information content (AvgIpc) is 3.48.